The van der Waals surface area contributed by atoms with Crippen LogP contribution in [-0.2, 0) is 14.3 Å². The minimum absolute atomic E-state index is 0.131. The molecule has 0 heterocycles. The van der Waals surface area contributed by atoms with Gasteiger partial charge in [0.2, 0.25) is 0 Å². The maximum Gasteiger partial charge on any atom is 0.308 e. The molecule has 1 rings (SSSR count). The molecule has 0 spiro atoms. The fourth-order valence-corrected chi connectivity index (χ4v) is 2.45. The summed E-state index contributed by atoms with van der Waals surface area (Å²) in [5.41, 5.74) is 0.239. The summed E-state index contributed by atoms with van der Waals surface area (Å²) in [6.07, 6.45) is 5.30. The van der Waals surface area contributed by atoms with Crippen LogP contribution in [0.3, 0.4) is 0 Å². The summed E-state index contributed by atoms with van der Waals surface area (Å²) in [7, 11) is 1.60. The molecule has 16 heavy (non-hydrogen) atoms. The van der Waals surface area contributed by atoms with E-state index in [2.05, 4.69) is 13.8 Å². The Morgan fingerprint density at radius 1 is 1.31 bits per heavy atom. The number of esters is 1. The Kier molecular flexibility index (Phi) is 5.26. The lowest BCUT2D eigenvalue weighted by atomic mass is 9.76. The average Bonchev–Trinajstić information content (AvgIpc) is 2.73. The van der Waals surface area contributed by atoms with Crippen molar-refractivity contribution >= 4 is 5.97 Å². The predicted octanol–water partition coefficient (Wildman–Crippen LogP) is 2.78. The van der Waals surface area contributed by atoms with E-state index in [0.29, 0.717) is 25.6 Å². The van der Waals surface area contributed by atoms with Crippen molar-refractivity contribution < 1.29 is 14.3 Å². The van der Waals surface area contributed by atoms with E-state index in [0.717, 1.165) is 0 Å². The molecule has 0 aromatic carbocycles. The molecule has 0 bridgehead atoms. The normalized spacial score (nSPS) is 19.0. The second kappa shape index (κ2) is 6.24. The molecule has 0 saturated heterocycles. The number of rotatable bonds is 6. The number of ether oxygens (including phenoxy) is 2. The fraction of sp³-hybridized carbons (Fsp3) is 0.923. The second-order valence-electron chi connectivity index (χ2n) is 5.13. The summed E-state index contributed by atoms with van der Waals surface area (Å²) in [6.45, 7) is 5.50. The van der Waals surface area contributed by atoms with Crippen LogP contribution >= 0.6 is 0 Å². The van der Waals surface area contributed by atoms with E-state index in [9.17, 15) is 4.79 Å². The summed E-state index contributed by atoms with van der Waals surface area (Å²) in [5.74, 6) is 0.457. The van der Waals surface area contributed by atoms with Gasteiger partial charge in [-0.2, -0.15) is 0 Å². The molecule has 0 aromatic heterocycles. The minimum atomic E-state index is -0.131. The lowest BCUT2D eigenvalue weighted by Crippen LogP contribution is -2.31. The molecule has 1 aliphatic rings. The largest absolute Gasteiger partial charge is 0.465 e. The van der Waals surface area contributed by atoms with Crippen LogP contribution in [0.2, 0.25) is 0 Å². The third-order valence-electron chi connectivity index (χ3n) is 3.86. The van der Waals surface area contributed by atoms with Crippen molar-refractivity contribution in [3.05, 3.63) is 0 Å². The zero-order valence-electron chi connectivity index (χ0n) is 10.8. The van der Waals surface area contributed by atoms with Crippen molar-refractivity contribution in [1.29, 1.82) is 0 Å². The van der Waals surface area contributed by atoms with Crippen LogP contribution in [0.25, 0.3) is 0 Å². The molecule has 0 atom stereocenters. The zero-order valence-corrected chi connectivity index (χ0v) is 10.8. The van der Waals surface area contributed by atoms with Crippen LogP contribution in [0.15, 0.2) is 0 Å². The average molecular weight is 228 g/mol. The van der Waals surface area contributed by atoms with Crippen molar-refractivity contribution in [2.75, 3.05) is 20.3 Å². The Labute approximate surface area is 98.5 Å². The topological polar surface area (TPSA) is 35.5 Å². The maximum atomic E-state index is 11.4. The smallest absolute Gasteiger partial charge is 0.308 e. The van der Waals surface area contributed by atoms with Crippen LogP contribution in [0.4, 0.5) is 0 Å². The highest BCUT2D eigenvalue weighted by Crippen LogP contribution is 2.44. The number of carbonyl (C=O) groups is 1. The molecule has 0 unspecified atom stereocenters. The molecule has 0 N–H and O–H groups in total. The van der Waals surface area contributed by atoms with Gasteiger partial charge in [0.25, 0.3) is 0 Å². The van der Waals surface area contributed by atoms with Crippen molar-refractivity contribution in [1.82, 2.24) is 0 Å². The summed E-state index contributed by atoms with van der Waals surface area (Å²) in [4.78, 5) is 11.4. The van der Waals surface area contributed by atoms with Gasteiger partial charge in [-0.15, -0.1) is 0 Å². The quantitative estimate of drug-likeness (QED) is 0.656. The monoisotopic (exact) mass is 228 g/mol. The molecule has 0 aliphatic heterocycles. The SMILES string of the molecule is COCCC(=O)OCC1(C(C)C)CCCC1. The van der Waals surface area contributed by atoms with Gasteiger partial charge >= 0.3 is 5.97 Å². The van der Waals surface area contributed by atoms with Gasteiger partial charge < -0.3 is 9.47 Å². The van der Waals surface area contributed by atoms with Crippen molar-refractivity contribution in [2.45, 2.75) is 46.0 Å². The van der Waals surface area contributed by atoms with Gasteiger partial charge in [0.1, 0.15) is 0 Å². The van der Waals surface area contributed by atoms with Gasteiger partial charge in [-0.05, 0) is 18.8 Å². The Bertz CT molecular complexity index is 217. The van der Waals surface area contributed by atoms with Crippen molar-refractivity contribution in [3.8, 4) is 0 Å². The molecule has 94 valence electrons. The first-order chi connectivity index (χ1) is 7.60. The number of hydrogen-bond donors (Lipinski definition) is 0. The van der Waals surface area contributed by atoms with E-state index in [1.165, 1.54) is 25.7 Å². The third kappa shape index (κ3) is 3.48. The molecular weight excluding hydrogens is 204 g/mol. The standard InChI is InChI=1S/C13H24O3/c1-11(2)13(7-4-5-8-13)10-16-12(14)6-9-15-3/h11H,4-10H2,1-3H3. The van der Waals surface area contributed by atoms with Crippen LogP contribution in [0.1, 0.15) is 46.0 Å². The summed E-state index contributed by atoms with van der Waals surface area (Å²) >= 11 is 0. The Hall–Kier alpha value is -0.570. The van der Waals surface area contributed by atoms with Gasteiger partial charge in [-0.3, -0.25) is 4.79 Å². The molecule has 1 saturated carbocycles. The van der Waals surface area contributed by atoms with Crippen molar-refractivity contribution in [2.24, 2.45) is 11.3 Å². The lowest BCUT2D eigenvalue weighted by molar-refractivity contribution is -0.149. The second-order valence-corrected chi connectivity index (χ2v) is 5.13. The highest BCUT2D eigenvalue weighted by Gasteiger charge is 2.37. The Morgan fingerprint density at radius 3 is 2.44 bits per heavy atom. The first-order valence-corrected chi connectivity index (χ1v) is 6.25. The van der Waals surface area contributed by atoms with E-state index in [-0.39, 0.29) is 11.4 Å². The van der Waals surface area contributed by atoms with Crippen LogP contribution in [0.5, 0.6) is 0 Å². The first kappa shape index (κ1) is 13.5. The zero-order chi connectivity index (χ0) is 12.0. The Balaban J connectivity index is 2.36. The number of hydrogen-bond acceptors (Lipinski definition) is 3. The van der Waals surface area contributed by atoms with E-state index < -0.39 is 0 Å². The van der Waals surface area contributed by atoms with E-state index in [1.807, 2.05) is 0 Å². The van der Waals surface area contributed by atoms with E-state index >= 15 is 0 Å². The minimum Gasteiger partial charge on any atom is -0.465 e. The summed E-state index contributed by atoms with van der Waals surface area (Å²) < 4.78 is 10.2. The maximum absolute atomic E-state index is 11.4. The lowest BCUT2D eigenvalue weighted by Gasteiger charge is -2.32. The molecule has 0 amide bonds. The first-order valence-electron chi connectivity index (χ1n) is 6.25. The molecule has 0 radical (unpaired) electrons. The van der Waals surface area contributed by atoms with Gasteiger partial charge in [0.15, 0.2) is 0 Å². The van der Waals surface area contributed by atoms with Crippen LogP contribution in [0, 0.1) is 11.3 Å². The van der Waals surface area contributed by atoms with Crippen molar-refractivity contribution in [3.63, 3.8) is 0 Å². The van der Waals surface area contributed by atoms with Gasteiger partial charge in [0, 0.05) is 12.5 Å². The molecule has 0 aromatic rings. The molecule has 3 heteroatoms. The fourth-order valence-electron chi connectivity index (χ4n) is 2.45. The molecular formula is C13H24O3. The predicted molar refractivity (Wildman–Crippen MR) is 63.2 cm³/mol. The summed E-state index contributed by atoms with van der Waals surface area (Å²) in [6, 6.07) is 0. The van der Waals surface area contributed by atoms with Crippen LogP contribution in [-0.4, -0.2) is 26.3 Å². The highest BCUT2D eigenvalue weighted by atomic mass is 16.5. The molecule has 1 fully saturated rings. The van der Waals surface area contributed by atoms with Gasteiger partial charge in [-0.1, -0.05) is 26.7 Å². The highest BCUT2D eigenvalue weighted by molar-refractivity contribution is 5.69. The van der Waals surface area contributed by atoms with E-state index in [4.69, 9.17) is 9.47 Å². The van der Waals surface area contributed by atoms with Gasteiger partial charge in [-0.25, -0.2) is 0 Å². The van der Waals surface area contributed by atoms with E-state index in [1.54, 1.807) is 7.11 Å². The Morgan fingerprint density at radius 2 is 1.94 bits per heavy atom. The third-order valence-corrected chi connectivity index (χ3v) is 3.86. The number of methoxy groups -OCH3 is 1. The summed E-state index contributed by atoms with van der Waals surface area (Å²) in [5, 5.41) is 0. The van der Waals surface area contributed by atoms with Gasteiger partial charge in [0.05, 0.1) is 19.6 Å². The molecule has 1 aliphatic carbocycles. The number of carbonyl (C=O) groups excluding carboxylic acids is 1. The molecule has 3 nitrogen and oxygen atoms in total. The van der Waals surface area contributed by atoms with Crippen LogP contribution < -0.4 is 0 Å².